The molecule has 3 heteroatoms. The zero-order valence-corrected chi connectivity index (χ0v) is 12.5. The largest absolute Gasteiger partial charge is 0.378 e. The first-order valence-electron chi connectivity index (χ1n) is 7.33. The molecule has 1 atom stereocenters. The Morgan fingerprint density at radius 3 is 2.42 bits per heavy atom. The van der Waals surface area contributed by atoms with Gasteiger partial charge < -0.3 is 15.1 Å². The first-order valence-corrected chi connectivity index (χ1v) is 7.33. The Kier molecular flexibility index (Phi) is 5.23. The van der Waals surface area contributed by atoms with Gasteiger partial charge in [-0.25, -0.2) is 0 Å². The maximum Gasteiger partial charge on any atom is 0.0361 e. The molecule has 1 aliphatic rings. The Morgan fingerprint density at radius 2 is 1.84 bits per heavy atom. The molecule has 1 saturated heterocycles. The van der Waals surface area contributed by atoms with E-state index in [-0.39, 0.29) is 0 Å². The molecule has 1 fully saturated rings. The van der Waals surface area contributed by atoms with E-state index >= 15 is 0 Å². The van der Waals surface area contributed by atoms with E-state index in [0.29, 0.717) is 6.04 Å². The normalized spacial score (nSPS) is 19.7. The van der Waals surface area contributed by atoms with Gasteiger partial charge >= 0.3 is 0 Å². The molecule has 0 amide bonds. The predicted octanol–water partition coefficient (Wildman–Crippen LogP) is 2.33. The molecule has 1 aliphatic heterocycles. The minimum atomic E-state index is 0.680. The highest BCUT2D eigenvalue weighted by Crippen LogP contribution is 2.14. The molecule has 2 rings (SSSR count). The van der Waals surface area contributed by atoms with E-state index in [2.05, 4.69) is 60.5 Å². The van der Waals surface area contributed by atoms with Gasteiger partial charge in [0.1, 0.15) is 0 Å². The third-order valence-electron chi connectivity index (χ3n) is 3.85. The molecule has 1 aromatic rings. The van der Waals surface area contributed by atoms with Crippen LogP contribution >= 0.6 is 0 Å². The smallest absolute Gasteiger partial charge is 0.0361 e. The molecule has 3 nitrogen and oxygen atoms in total. The third kappa shape index (κ3) is 4.51. The first-order chi connectivity index (χ1) is 9.15. The van der Waals surface area contributed by atoms with Gasteiger partial charge in [0.2, 0.25) is 0 Å². The van der Waals surface area contributed by atoms with E-state index in [1.165, 1.54) is 37.1 Å². The van der Waals surface area contributed by atoms with Gasteiger partial charge in [-0.3, -0.25) is 0 Å². The molecule has 0 spiro atoms. The van der Waals surface area contributed by atoms with Gasteiger partial charge in [0.25, 0.3) is 0 Å². The van der Waals surface area contributed by atoms with Gasteiger partial charge in [0, 0.05) is 38.9 Å². The summed E-state index contributed by atoms with van der Waals surface area (Å²) in [5, 5.41) is 3.61. The molecule has 1 unspecified atom stereocenters. The molecule has 0 aliphatic carbocycles. The molecule has 1 heterocycles. The van der Waals surface area contributed by atoms with Crippen molar-refractivity contribution in [1.82, 2.24) is 10.2 Å². The van der Waals surface area contributed by atoms with Crippen LogP contribution in [0.2, 0.25) is 0 Å². The Balaban J connectivity index is 1.82. The number of hydrogen-bond donors (Lipinski definition) is 1. The molecule has 106 valence electrons. The second kappa shape index (κ2) is 6.92. The Hall–Kier alpha value is -1.06. The van der Waals surface area contributed by atoms with Crippen molar-refractivity contribution in [3.63, 3.8) is 0 Å². The van der Waals surface area contributed by atoms with E-state index in [9.17, 15) is 0 Å². The predicted molar refractivity (Wildman–Crippen MR) is 82.7 cm³/mol. The van der Waals surface area contributed by atoms with E-state index < -0.39 is 0 Å². The highest BCUT2D eigenvalue weighted by molar-refractivity contribution is 5.45. The van der Waals surface area contributed by atoms with Gasteiger partial charge in [-0.15, -0.1) is 0 Å². The standard InChI is InChI=1S/C16H27N3/c1-18(2)16-9-7-14(8-10-16)12-19(3)13-15-6-4-5-11-17-15/h7-10,15,17H,4-6,11-13H2,1-3H3. The van der Waals surface area contributed by atoms with Crippen LogP contribution in [-0.2, 0) is 6.54 Å². The summed E-state index contributed by atoms with van der Waals surface area (Å²) in [7, 11) is 6.38. The lowest BCUT2D eigenvalue weighted by molar-refractivity contribution is 0.256. The lowest BCUT2D eigenvalue weighted by atomic mass is 10.0. The Morgan fingerprint density at radius 1 is 1.11 bits per heavy atom. The highest BCUT2D eigenvalue weighted by Gasteiger charge is 2.14. The molecule has 0 radical (unpaired) electrons. The van der Waals surface area contributed by atoms with Crippen molar-refractivity contribution < 1.29 is 0 Å². The fraction of sp³-hybridized carbons (Fsp3) is 0.625. The monoisotopic (exact) mass is 261 g/mol. The number of nitrogens with one attached hydrogen (secondary N) is 1. The van der Waals surface area contributed by atoms with Crippen LogP contribution in [0.15, 0.2) is 24.3 Å². The number of hydrogen-bond acceptors (Lipinski definition) is 3. The van der Waals surface area contributed by atoms with Crippen molar-refractivity contribution in [3.8, 4) is 0 Å². The van der Waals surface area contributed by atoms with Crippen LogP contribution in [0.3, 0.4) is 0 Å². The minimum absolute atomic E-state index is 0.680. The summed E-state index contributed by atoms with van der Waals surface area (Å²) in [6.45, 7) is 3.37. The maximum atomic E-state index is 3.61. The van der Waals surface area contributed by atoms with Crippen LogP contribution in [0.4, 0.5) is 5.69 Å². The van der Waals surface area contributed by atoms with Gasteiger partial charge in [-0.2, -0.15) is 0 Å². The number of rotatable bonds is 5. The number of likely N-dealkylation sites (N-methyl/N-ethyl adjacent to an activating group) is 1. The van der Waals surface area contributed by atoms with Gasteiger partial charge in [-0.1, -0.05) is 18.6 Å². The van der Waals surface area contributed by atoms with Crippen LogP contribution < -0.4 is 10.2 Å². The SMILES string of the molecule is CN(Cc1ccc(N(C)C)cc1)CC1CCCCN1. The van der Waals surface area contributed by atoms with Crippen molar-refractivity contribution >= 4 is 5.69 Å². The number of anilines is 1. The van der Waals surface area contributed by atoms with Crippen molar-refractivity contribution in [2.24, 2.45) is 0 Å². The molecule has 1 aromatic carbocycles. The number of benzene rings is 1. The topological polar surface area (TPSA) is 18.5 Å². The molecule has 0 aromatic heterocycles. The van der Waals surface area contributed by atoms with E-state index in [1.54, 1.807) is 0 Å². The quantitative estimate of drug-likeness (QED) is 0.877. The van der Waals surface area contributed by atoms with Crippen LogP contribution in [-0.4, -0.2) is 45.2 Å². The average molecular weight is 261 g/mol. The molecular weight excluding hydrogens is 234 g/mol. The van der Waals surface area contributed by atoms with Crippen molar-refractivity contribution in [2.45, 2.75) is 31.8 Å². The number of piperidine rings is 1. The maximum absolute atomic E-state index is 3.61. The van der Waals surface area contributed by atoms with Crippen molar-refractivity contribution in [1.29, 1.82) is 0 Å². The molecule has 0 bridgehead atoms. The van der Waals surface area contributed by atoms with Gasteiger partial charge in [0.05, 0.1) is 0 Å². The average Bonchev–Trinajstić information content (AvgIpc) is 2.40. The van der Waals surface area contributed by atoms with Crippen molar-refractivity contribution in [3.05, 3.63) is 29.8 Å². The summed E-state index contributed by atoms with van der Waals surface area (Å²) in [6.07, 6.45) is 4.04. The highest BCUT2D eigenvalue weighted by atomic mass is 15.1. The summed E-state index contributed by atoms with van der Waals surface area (Å²) < 4.78 is 0. The Bertz CT molecular complexity index is 366. The van der Waals surface area contributed by atoms with Gasteiger partial charge in [0.15, 0.2) is 0 Å². The lowest BCUT2D eigenvalue weighted by Gasteiger charge is -2.28. The summed E-state index contributed by atoms with van der Waals surface area (Å²) in [5.41, 5.74) is 2.66. The second-order valence-corrected chi connectivity index (χ2v) is 5.90. The summed E-state index contributed by atoms with van der Waals surface area (Å²) in [6, 6.07) is 9.55. The fourth-order valence-corrected chi connectivity index (χ4v) is 2.73. The summed E-state index contributed by atoms with van der Waals surface area (Å²) >= 11 is 0. The van der Waals surface area contributed by atoms with E-state index in [0.717, 1.165) is 13.1 Å². The molecule has 0 saturated carbocycles. The molecule has 19 heavy (non-hydrogen) atoms. The fourth-order valence-electron chi connectivity index (χ4n) is 2.73. The zero-order valence-electron chi connectivity index (χ0n) is 12.5. The van der Waals surface area contributed by atoms with Crippen molar-refractivity contribution in [2.75, 3.05) is 39.1 Å². The minimum Gasteiger partial charge on any atom is -0.378 e. The number of nitrogens with zero attached hydrogens (tertiary/aromatic N) is 2. The van der Waals surface area contributed by atoms with Crippen LogP contribution in [0.25, 0.3) is 0 Å². The summed E-state index contributed by atoms with van der Waals surface area (Å²) in [4.78, 5) is 4.56. The van der Waals surface area contributed by atoms with Crippen LogP contribution in [0.5, 0.6) is 0 Å². The van der Waals surface area contributed by atoms with E-state index in [1.807, 2.05) is 0 Å². The van der Waals surface area contributed by atoms with Crippen LogP contribution in [0.1, 0.15) is 24.8 Å². The lowest BCUT2D eigenvalue weighted by Crippen LogP contribution is -2.42. The molecule has 1 N–H and O–H groups in total. The second-order valence-electron chi connectivity index (χ2n) is 5.90. The Labute approximate surface area is 117 Å². The zero-order chi connectivity index (χ0) is 13.7. The van der Waals surface area contributed by atoms with Gasteiger partial charge in [-0.05, 0) is 44.1 Å². The molecular formula is C16H27N3. The summed E-state index contributed by atoms with van der Waals surface area (Å²) in [5.74, 6) is 0. The van der Waals surface area contributed by atoms with E-state index in [4.69, 9.17) is 0 Å². The third-order valence-corrected chi connectivity index (χ3v) is 3.85. The first kappa shape index (κ1) is 14.4. The van der Waals surface area contributed by atoms with Crippen LogP contribution in [0, 0.1) is 0 Å².